The van der Waals surface area contributed by atoms with Gasteiger partial charge in [-0.25, -0.2) is 0 Å². The molecule has 0 N–H and O–H groups in total. The molecule has 98 valence electrons. The van der Waals surface area contributed by atoms with E-state index in [0.29, 0.717) is 17.6 Å². The lowest BCUT2D eigenvalue weighted by Crippen LogP contribution is -2.37. The molecule has 1 fully saturated rings. The van der Waals surface area contributed by atoms with Crippen LogP contribution in [0.4, 0.5) is 0 Å². The number of carbonyl (C=O) groups excluding carboxylic acids is 1. The largest absolute Gasteiger partial charge is 0.293 e. The first-order valence-corrected chi connectivity index (χ1v) is 7.11. The van der Waals surface area contributed by atoms with Gasteiger partial charge in [-0.3, -0.25) is 9.69 Å². The van der Waals surface area contributed by atoms with Crippen molar-refractivity contribution in [3.05, 3.63) is 34.9 Å². The minimum Gasteiger partial charge on any atom is -0.293 e. The van der Waals surface area contributed by atoms with Gasteiger partial charge < -0.3 is 0 Å². The minimum atomic E-state index is 0.195. The molecule has 0 aliphatic heterocycles. The fourth-order valence-corrected chi connectivity index (χ4v) is 2.81. The molecule has 0 bridgehead atoms. The van der Waals surface area contributed by atoms with E-state index in [2.05, 4.69) is 11.8 Å². The fourth-order valence-electron chi connectivity index (χ4n) is 2.68. The van der Waals surface area contributed by atoms with Gasteiger partial charge >= 0.3 is 0 Å². The highest BCUT2D eigenvalue weighted by molar-refractivity contribution is 6.30. The Bertz CT molecular complexity index is 395. The second-order valence-corrected chi connectivity index (χ2v) is 5.37. The number of halogens is 1. The van der Waals surface area contributed by atoms with Crippen LogP contribution in [-0.4, -0.2) is 29.8 Å². The number of carbonyl (C=O) groups is 1. The summed E-state index contributed by atoms with van der Waals surface area (Å²) in [5.74, 6) is 0.195. The van der Waals surface area contributed by atoms with Crippen LogP contribution in [0, 0.1) is 0 Å². The highest BCUT2D eigenvalue weighted by Crippen LogP contribution is 2.23. The average Bonchev–Trinajstić information content (AvgIpc) is 2.90. The Hall–Kier alpha value is -0.860. The van der Waals surface area contributed by atoms with Gasteiger partial charge in [-0.05, 0) is 43.7 Å². The van der Waals surface area contributed by atoms with Gasteiger partial charge in [0.2, 0.25) is 0 Å². The number of nitrogens with zero attached hydrogens (tertiary/aromatic N) is 1. The maximum absolute atomic E-state index is 12.2. The summed E-state index contributed by atoms with van der Waals surface area (Å²) in [7, 11) is 0. The molecule has 0 unspecified atom stereocenters. The normalized spacial score (nSPS) is 16.4. The van der Waals surface area contributed by atoms with Crippen LogP contribution in [-0.2, 0) is 0 Å². The SMILES string of the molecule is CCN(CC(=O)c1ccc(Cl)cc1)C1CCCC1. The van der Waals surface area contributed by atoms with Gasteiger partial charge in [-0.1, -0.05) is 31.4 Å². The third kappa shape index (κ3) is 3.33. The summed E-state index contributed by atoms with van der Waals surface area (Å²) in [6, 6.07) is 7.79. The molecule has 2 rings (SSSR count). The van der Waals surface area contributed by atoms with Crippen molar-refractivity contribution in [3.63, 3.8) is 0 Å². The number of Topliss-reactive ketones (excluding diaryl/α,β-unsaturated/α-hetero) is 1. The van der Waals surface area contributed by atoms with Gasteiger partial charge in [0.05, 0.1) is 6.54 Å². The maximum atomic E-state index is 12.2. The molecule has 0 saturated heterocycles. The Labute approximate surface area is 114 Å². The molecule has 0 amide bonds. The van der Waals surface area contributed by atoms with Crippen LogP contribution >= 0.6 is 11.6 Å². The van der Waals surface area contributed by atoms with Gasteiger partial charge in [0.15, 0.2) is 5.78 Å². The molecular weight excluding hydrogens is 246 g/mol. The third-order valence-electron chi connectivity index (χ3n) is 3.76. The lowest BCUT2D eigenvalue weighted by atomic mass is 10.1. The number of hydrogen-bond acceptors (Lipinski definition) is 2. The van der Waals surface area contributed by atoms with Crippen LogP contribution in [0.3, 0.4) is 0 Å². The predicted octanol–water partition coefficient (Wildman–Crippen LogP) is 3.79. The van der Waals surface area contributed by atoms with E-state index in [1.54, 1.807) is 12.1 Å². The molecule has 0 heterocycles. The summed E-state index contributed by atoms with van der Waals surface area (Å²) in [4.78, 5) is 14.5. The van der Waals surface area contributed by atoms with Crippen molar-refractivity contribution < 1.29 is 4.79 Å². The summed E-state index contributed by atoms with van der Waals surface area (Å²) in [5, 5.41) is 0.676. The lowest BCUT2D eigenvalue weighted by Gasteiger charge is -2.26. The third-order valence-corrected chi connectivity index (χ3v) is 4.01. The van der Waals surface area contributed by atoms with Crippen molar-refractivity contribution in [2.24, 2.45) is 0 Å². The van der Waals surface area contributed by atoms with Crippen LogP contribution < -0.4 is 0 Å². The zero-order chi connectivity index (χ0) is 13.0. The molecule has 0 atom stereocenters. The number of ketones is 1. The summed E-state index contributed by atoms with van der Waals surface area (Å²) < 4.78 is 0. The molecule has 3 heteroatoms. The standard InChI is InChI=1S/C15H20ClNO/c1-2-17(14-5-3-4-6-14)11-15(18)12-7-9-13(16)10-8-12/h7-10,14H,2-6,11H2,1H3. The molecule has 1 aliphatic rings. The number of hydrogen-bond donors (Lipinski definition) is 0. The van der Waals surface area contributed by atoms with E-state index in [1.165, 1.54) is 25.7 Å². The number of rotatable bonds is 5. The van der Waals surface area contributed by atoms with Gasteiger partial charge in [0.1, 0.15) is 0 Å². The summed E-state index contributed by atoms with van der Waals surface area (Å²) in [6.45, 7) is 3.61. The smallest absolute Gasteiger partial charge is 0.176 e. The first kappa shape index (κ1) is 13.6. The zero-order valence-corrected chi connectivity index (χ0v) is 11.6. The highest BCUT2D eigenvalue weighted by atomic mass is 35.5. The first-order chi connectivity index (χ1) is 8.70. The summed E-state index contributed by atoms with van der Waals surface area (Å²) >= 11 is 5.83. The molecule has 2 nitrogen and oxygen atoms in total. The Morgan fingerprint density at radius 3 is 2.44 bits per heavy atom. The quantitative estimate of drug-likeness (QED) is 0.755. The Morgan fingerprint density at radius 2 is 1.89 bits per heavy atom. The van der Waals surface area contributed by atoms with Crippen LogP contribution in [0.15, 0.2) is 24.3 Å². The van der Waals surface area contributed by atoms with E-state index in [1.807, 2.05) is 12.1 Å². The van der Waals surface area contributed by atoms with Crippen molar-refractivity contribution in [1.82, 2.24) is 4.90 Å². The first-order valence-electron chi connectivity index (χ1n) is 6.73. The molecule has 1 saturated carbocycles. The van der Waals surface area contributed by atoms with Gasteiger partial charge in [0.25, 0.3) is 0 Å². The molecule has 0 radical (unpaired) electrons. The molecule has 0 aromatic heterocycles. The molecule has 1 aromatic rings. The van der Waals surface area contributed by atoms with Crippen LogP contribution in [0.1, 0.15) is 43.0 Å². The van der Waals surface area contributed by atoms with Gasteiger partial charge in [0, 0.05) is 16.6 Å². The van der Waals surface area contributed by atoms with Crippen LogP contribution in [0.2, 0.25) is 5.02 Å². The zero-order valence-electron chi connectivity index (χ0n) is 10.9. The fraction of sp³-hybridized carbons (Fsp3) is 0.533. The predicted molar refractivity (Wildman–Crippen MR) is 75.3 cm³/mol. The minimum absolute atomic E-state index is 0.195. The number of likely N-dealkylation sites (N-methyl/N-ethyl adjacent to an activating group) is 1. The molecule has 1 aliphatic carbocycles. The topological polar surface area (TPSA) is 20.3 Å². The van der Waals surface area contributed by atoms with Crippen molar-refractivity contribution in [1.29, 1.82) is 0 Å². The Morgan fingerprint density at radius 1 is 1.28 bits per heavy atom. The van der Waals surface area contributed by atoms with Crippen molar-refractivity contribution in [2.45, 2.75) is 38.6 Å². The monoisotopic (exact) mass is 265 g/mol. The van der Waals surface area contributed by atoms with Crippen molar-refractivity contribution >= 4 is 17.4 Å². The summed E-state index contributed by atoms with van der Waals surface area (Å²) in [6.07, 6.45) is 5.08. The highest BCUT2D eigenvalue weighted by Gasteiger charge is 2.23. The second-order valence-electron chi connectivity index (χ2n) is 4.93. The molecule has 1 aromatic carbocycles. The van der Waals surface area contributed by atoms with Crippen molar-refractivity contribution in [3.8, 4) is 0 Å². The van der Waals surface area contributed by atoms with E-state index in [-0.39, 0.29) is 5.78 Å². The molecule has 0 spiro atoms. The molecular formula is C15H20ClNO. The van der Waals surface area contributed by atoms with E-state index >= 15 is 0 Å². The van der Waals surface area contributed by atoms with Gasteiger partial charge in [-0.15, -0.1) is 0 Å². The van der Waals surface area contributed by atoms with E-state index < -0.39 is 0 Å². The van der Waals surface area contributed by atoms with Crippen LogP contribution in [0.5, 0.6) is 0 Å². The lowest BCUT2D eigenvalue weighted by molar-refractivity contribution is 0.0899. The van der Waals surface area contributed by atoms with E-state index in [9.17, 15) is 4.79 Å². The second kappa shape index (κ2) is 6.35. The Kier molecular flexibility index (Phi) is 4.79. The van der Waals surface area contributed by atoms with E-state index in [0.717, 1.165) is 12.1 Å². The van der Waals surface area contributed by atoms with E-state index in [4.69, 9.17) is 11.6 Å². The summed E-state index contributed by atoms with van der Waals surface area (Å²) in [5.41, 5.74) is 0.760. The number of benzene rings is 1. The maximum Gasteiger partial charge on any atom is 0.176 e. The average molecular weight is 266 g/mol. The molecule has 18 heavy (non-hydrogen) atoms. The van der Waals surface area contributed by atoms with Crippen molar-refractivity contribution in [2.75, 3.05) is 13.1 Å². The van der Waals surface area contributed by atoms with Gasteiger partial charge in [-0.2, -0.15) is 0 Å². The Balaban J connectivity index is 1.98. The van der Waals surface area contributed by atoms with Crippen LogP contribution in [0.25, 0.3) is 0 Å².